The minimum atomic E-state index is -0.493. The van der Waals surface area contributed by atoms with Crippen LogP contribution in [0.2, 0.25) is 0 Å². The van der Waals surface area contributed by atoms with E-state index in [4.69, 9.17) is 9.47 Å². The Balaban J connectivity index is 1.61. The highest BCUT2D eigenvalue weighted by Gasteiger charge is 2.27. The van der Waals surface area contributed by atoms with Crippen LogP contribution in [-0.4, -0.2) is 54.9 Å². The zero-order valence-electron chi connectivity index (χ0n) is 16.7. The van der Waals surface area contributed by atoms with E-state index in [0.29, 0.717) is 39.1 Å². The summed E-state index contributed by atoms with van der Waals surface area (Å²) in [5.74, 6) is 0.798. The Morgan fingerprint density at radius 1 is 1.22 bits per heavy atom. The van der Waals surface area contributed by atoms with Gasteiger partial charge in [-0.25, -0.2) is 9.59 Å². The van der Waals surface area contributed by atoms with Crippen molar-refractivity contribution in [1.29, 1.82) is 0 Å². The van der Waals surface area contributed by atoms with Gasteiger partial charge in [0.05, 0.1) is 6.54 Å². The van der Waals surface area contributed by atoms with Crippen LogP contribution in [0.1, 0.15) is 39.2 Å². The molecule has 0 aliphatic carbocycles. The normalized spacial score (nSPS) is 15.2. The monoisotopic (exact) mass is 377 g/mol. The van der Waals surface area contributed by atoms with Crippen molar-refractivity contribution in [2.24, 2.45) is 0 Å². The third-order valence-electron chi connectivity index (χ3n) is 4.13. The SMILES string of the molecule is Cc1cccc(OCCNC(=O)NC2CCN(C(=O)OC(C)(C)C)CC2)c1. The number of hydrogen-bond donors (Lipinski definition) is 2. The first-order valence-corrected chi connectivity index (χ1v) is 9.45. The van der Waals surface area contributed by atoms with Crippen LogP contribution < -0.4 is 15.4 Å². The molecular weight excluding hydrogens is 346 g/mol. The first kappa shape index (κ1) is 20.9. The topological polar surface area (TPSA) is 79.9 Å². The molecule has 3 amide bonds. The molecule has 0 unspecified atom stereocenters. The van der Waals surface area contributed by atoms with Gasteiger partial charge in [0.15, 0.2) is 0 Å². The van der Waals surface area contributed by atoms with Crippen LogP contribution in [0, 0.1) is 6.92 Å². The fraction of sp³-hybridized carbons (Fsp3) is 0.600. The van der Waals surface area contributed by atoms with Crippen molar-refractivity contribution in [1.82, 2.24) is 15.5 Å². The molecule has 1 aliphatic heterocycles. The summed E-state index contributed by atoms with van der Waals surface area (Å²) in [5, 5.41) is 5.75. The van der Waals surface area contributed by atoms with Gasteiger partial charge in [-0.2, -0.15) is 0 Å². The van der Waals surface area contributed by atoms with Gasteiger partial charge in [-0.1, -0.05) is 12.1 Å². The minimum Gasteiger partial charge on any atom is -0.492 e. The van der Waals surface area contributed by atoms with Crippen molar-refractivity contribution in [3.63, 3.8) is 0 Å². The number of carbonyl (C=O) groups excluding carboxylic acids is 2. The highest BCUT2D eigenvalue weighted by Crippen LogP contribution is 2.15. The Bertz CT molecular complexity index is 634. The first-order valence-electron chi connectivity index (χ1n) is 9.45. The summed E-state index contributed by atoms with van der Waals surface area (Å²) in [4.78, 5) is 25.7. The quantitative estimate of drug-likeness (QED) is 0.773. The van der Waals surface area contributed by atoms with Crippen LogP contribution in [0.4, 0.5) is 9.59 Å². The largest absolute Gasteiger partial charge is 0.492 e. The number of amides is 3. The van der Waals surface area contributed by atoms with E-state index in [1.54, 1.807) is 4.90 Å². The van der Waals surface area contributed by atoms with E-state index in [9.17, 15) is 9.59 Å². The fourth-order valence-electron chi connectivity index (χ4n) is 2.81. The van der Waals surface area contributed by atoms with Crippen LogP contribution >= 0.6 is 0 Å². The van der Waals surface area contributed by atoms with E-state index in [-0.39, 0.29) is 18.2 Å². The van der Waals surface area contributed by atoms with Crippen LogP contribution in [0.3, 0.4) is 0 Å². The Morgan fingerprint density at radius 2 is 1.93 bits per heavy atom. The minimum absolute atomic E-state index is 0.0568. The number of benzene rings is 1. The second kappa shape index (κ2) is 9.48. The van der Waals surface area contributed by atoms with E-state index < -0.39 is 5.60 Å². The zero-order valence-corrected chi connectivity index (χ0v) is 16.7. The lowest BCUT2D eigenvalue weighted by atomic mass is 10.1. The number of likely N-dealkylation sites (tertiary alicyclic amines) is 1. The second-order valence-electron chi connectivity index (χ2n) is 7.81. The van der Waals surface area contributed by atoms with Crippen LogP contribution in [-0.2, 0) is 4.74 Å². The fourth-order valence-corrected chi connectivity index (χ4v) is 2.81. The molecule has 0 atom stereocenters. The van der Waals surface area contributed by atoms with Crippen molar-refractivity contribution in [2.45, 2.75) is 52.2 Å². The molecule has 0 spiro atoms. The number of nitrogens with zero attached hydrogens (tertiary/aromatic N) is 1. The maximum Gasteiger partial charge on any atom is 0.410 e. The maximum atomic E-state index is 12.0. The summed E-state index contributed by atoms with van der Waals surface area (Å²) in [6, 6.07) is 7.64. The molecular formula is C20H31N3O4. The molecule has 0 saturated carbocycles. The molecule has 0 bridgehead atoms. The Hall–Kier alpha value is -2.44. The number of ether oxygens (including phenoxy) is 2. The highest BCUT2D eigenvalue weighted by atomic mass is 16.6. The standard InChI is InChI=1S/C20H31N3O4/c1-15-6-5-7-17(14-15)26-13-10-21-18(24)22-16-8-11-23(12-9-16)19(25)27-20(2,3)4/h5-7,14,16H,8-13H2,1-4H3,(H2,21,22,24). The lowest BCUT2D eigenvalue weighted by Crippen LogP contribution is -2.50. The van der Waals surface area contributed by atoms with Gasteiger partial charge in [0.25, 0.3) is 0 Å². The van der Waals surface area contributed by atoms with Gasteiger partial charge >= 0.3 is 12.1 Å². The lowest BCUT2D eigenvalue weighted by molar-refractivity contribution is 0.0201. The summed E-state index contributed by atoms with van der Waals surface area (Å²) in [7, 11) is 0. The zero-order chi connectivity index (χ0) is 19.9. The van der Waals surface area contributed by atoms with Crippen molar-refractivity contribution < 1.29 is 19.1 Å². The number of hydrogen-bond acceptors (Lipinski definition) is 4. The molecule has 1 saturated heterocycles. The molecule has 2 rings (SSSR count). The second-order valence-corrected chi connectivity index (χ2v) is 7.81. The van der Waals surface area contributed by atoms with Gasteiger partial charge in [0.2, 0.25) is 0 Å². The molecule has 2 N–H and O–H groups in total. The summed E-state index contributed by atoms with van der Waals surface area (Å²) >= 11 is 0. The number of aryl methyl sites for hydroxylation is 1. The number of rotatable bonds is 5. The molecule has 0 radical (unpaired) electrons. The molecule has 7 nitrogen and oxygen atoms in total. The van der Waals surface area contributed by atoms with E-state index in [0.717, 1.165) is 11.3 Å². The molecule has 150 valence electrons. The van der Waals surface area contributed by atoms with Gasteiger partial charge in [-0.3, -0.25) is 0 Å². The molecule has 1 aliphatic rings. The number of urea groups is 1. The first-order chi connectivity index (χ1) is 12.7. The average molecular weight is 377 g/mol. The van der Waals surface area contributed by atoms with Gasteiger partial charge in [0.1, 0.15) is 18.0 Å². The molecule has 1 heterocycles. The van der Waals surface area contributed by atoms with Gasteiger partial charge in [-0.15, -0.1) is 0 Å². The molecule has 7 heteroatoms. The van der Waals surface area contributed by atoms with Crippen molar-refractivity contribution in [3.8, 4) is 5.75 Å². The third kappa shape index (κ3) is 7.76. The van der Waals surface area contributed by atoms with E-state index in [1.165, 1.54) is 0 Å². The summed E-state index contributed by atoms with van der Waals surface area (Å²) < 4.78 is 11.0. The van der Waals surface area contributed by atoms with Crippen LogP contribution in [0.15, 0.2) is 24.3 Å². The highest BCUT2D eigenvalue weighted by molar-refractivity contribution is 5.74. The molecule has 1 aromatic rings. The predicted molar refractivity (Wildman–Crippen MR) is 104 cm³/mol. The summed E-state index contributed by atoms with van der Waals surface area (Å²) in [6.07, 6.45) is 1.14. The smallest absolute Gasteiger partial charge is 0.410 e. The van der Waals surface area contributed by atoms with Gasteiger partial charge in [0, 0.05) is 19.1 Å². The van der Waals surface area contributed by atoms with Crippen molar-refractivity contribution in [2.75, 3.05) is 26.2 Å². The van der Waals surface area contributed by atoms with E-state index in [2.05, 4.69) is 10.6 Å². The number of piperidine rings is 1. The van der Waals surface area contributed by atoms with Crippen LogP contribution in [0.25, 0.3) is 0 Å². The van der Waals surface area contributed by atoms with E-state index in [1.807, 2.05) is 52.0 Å². The Labute approximate surface area is 161 Å². The van der Waals surface area contributed by atoms with Crippen molar-refractivity contribution >= 4 is 12.1 Å². The van der Waals surface area contributed by atoms with Crippen molar-refractivity contribution in [3.05, 3.63) is 29.8 Å². The summed E-state index contributed by atoms with van der Waals surface area (Å²) in [5.41, 5.74) is 0.642. The number of carbonyl (C=O) groups is 2. The van der Waals surface area contributed by atoms with Gasteiger partial charge in [-0.05, 0) is 58.2 Å². The predicted octanol–water partition coefficient (Wildman–Crippen LogP) is 3.07. The lowest BCUT2D eigenvalue weighted by Gasteiger charge is -2.33. The molecule has 27 heavy (non-hydrogen) atoms. The van der Waals surface area contributed by atoms with E-state index >= 15 is 0 Å². The Morgan fingerprint density at radius 3 is 2.56 bits per heavy atom. The molecule has 1 aromatic carbocycles. The molecule has 1 fully saturated rings. The third-order valence-corrected chi connectivity index (χ3v) is 4.13. The maximum absolute atomic E-state index is 12.0. The summed E-state index contributed by atoms with van der Waals surface area (Å²) in [6.45, 7) is 9.56. The number of nitrogens with one attached hydrogen (secondary N) is 2. The molecule has 0 aromatic heterocycles. The average Bonchev–Trinajstić information content (AvgIpc) is 2.58. The Kier molecular flexibility index (Phi) is 7.33. The van der Waals surface area contributed by atoms with Crippen LogP contribution in [0.5, 0.6) is 5.75 Å². The van der Waals surface area contributed by atoms with Gasteiger partial charge < -0.3 is 25.0 Å².